The van der Waals surface area contributed by atoms with E-state index in [0.717, 1.165) is 5.75 Å². The number of rotatable bonds is 7. The molecule has 1 aromatic rings. The molecule has 0 heterocycles. The van der Waals surface area contributed by atoms with E-state index >= 15 is 0 Å². The van der Waals surface area contributed by atoms with Crippen LogP contribution in [-0.2, 0) is 4.79 Å². The van der Waals surface area contributed by atoms with Crippen LogP contribution in [0.4, 0.5) is 0 Å². The van der Waals surface area contributed by atoms with Crippen LogP contribution in [0, 0.1) is 13.8 Å². The Kier molecular flexibility index (Phi) is 5.89. The summed E-state index contributed by atoms with van der Waals surface area (Å²) in [6.07, 6.45) is 0. The quantitative estimate of drug-likeness (QED) is 0.757. The van der Waals surface area contributed by atoms with Gasteiger partial charge in [0.2, 0.25) is 0 Å². The van der Waals surface area contributed by atoms with Crippen molar-refractivity contribution in [1.29, 1.82) is 0 Å². The number of benzene rings is 1. The molecule has 0 aliphatic rings. The van der Waals surface area contributed by atoms with Crippen molar-refractivity contribution >= 4 is 17.7 Å². The van der Waals surface area contributed by atoms with Gasteiger partial charge in [0, 0.05) is 10.5 Å². The number of carboxylic acids is 1. The molecule has 112 valence electrons. The average Bonchev–Trinajstić information content (AvgIpc) is 2.32. The van der Waals surface area contributed by atoms with Gasteiger partial charge in [-0.05, 0) is 51.0 Å². The second kappa shape index (κ2) is 6.99. The van der Waals surface area contributed by atoms with Gasteiger partial charge < -0.3 is 15.6 Å². The molecule has 0 aliphatic heterocycles. The first-order chi connectivity index (χ1) is 9.22. The molecule has 0 amide bonds. The second-order valence-corrected chi connectivity index (χ2v) is 7.19. The van der Waals surface area contributed by atoms with Crippen LogP contribution in [-0.4, -0.2) is 34.2 Å². The maximum atomic E-state index is 10.9. The largest absolute Gasteiger partial charge is 0.493 e. The van der Waals surface area contributed by atoms with Gasteiger partial charge in [0.25, 0.3) is 0 Å². The van der Waals surface area contributed by atoms with Crippen molar-refractivity contribution in [1.82, 2.24) is 0 Å². The highest BCUT2D eigenvalue weighted by Gasteiger charge is 2.32. The van der Waals surface area contributed by atoms with Crippen LogP contribution in [0.5, 0.6) is 5.75 Å². The minimum atomic E-state index is -0.974. The number of ether oxygens (including phenoxy) is 1. The molecule has 1 rings (SSSR count). The van der Waals surface area contributed by atoms with E-state index in [1.54, 1.807) is 0 Å². The van der Waals surface area contributed by atoms with Crippen LogP contribution < -0.4 is 10.5 Å². The predicted molar refractivity (Wildman–Crippen MR) is 83.6 cm³/mol. The molecular weight excluding hydrogens is 274 g/mol. The highest BCUT2D eigenvalue weighted by molar-refractivity contribution is 8.00. The second-order valence-electron chi connectivity index (χ2n) is 5.44. The minimum absolute atomic E-state index is 0.516. The number of carbonyl (C=O) groups is 1. The number of aliphatic carboxylic acids is 1. The van der Waals surface area contributed by atoms with Gasteiger partial charge >= 0.3 is 5.97 Å². The van der Waals surface area contributed by atoms with Gasteiger partial charge in [-0.15, -0.1) is 11.8 Å². The summed E-state index contributed by atoms with van der Waals surface area (Å²) >= 11 is 1.51. The van der Waals surface area contributed by atoms with E-state index in [2.05, 4.69) is 6.07 Å². The molecule has 4 nitrogen and oxygen atoms in total. The fourth-order valence-electron chi connectivity index (χ4n) is 1.87. The lowest BCUT2D eigenvalue weighted by atomic mass is 10.1. The fraction of sp³-hybridized carbons (Fsp3) is 0.533. The Hall–Kier alpha value is -1.20. The van der Waals surface area contributed by atoms with E-state index in [4.69, 9.17) is 15.6 Å². The van der Waals surface area contributed by atoms with Gasteiger partial charge in [0.15, 0.2) is 0 Å². The summed E-state index contributed by atoms with van der Waals surface area (Å²) in [5.41, 5.74) is 8.00. The lowest BCUT2D eigenvalue weighted by molar-refractivity contribution is -0.139. The monoisotopic (exact) mass is 297 g/mol. The summed E-state index contributed by atoms with van der Waals surface area (Å²) in [4.78, 5) is 10.9. The molecule has 0 saturated heterocycles. The van der Waals surface area contributed by atoms with Crippen LogP contribution in [0.15, 0.2) is 18.2 Å². The zero-order valence-corrected chi connectivity index (χ0v) is 13.3. The average molecular weight is 297 g/mol. The lowest BCUT2D eigenvalue weighted by Crippen LogP contribution is -2.47. The normalized spacial score (nSPS) is 13.1. The molecule has 3 N–H and O–H groups in total. The van der Waals surface area contributed by atoms with E-state index in [1.807, 2.05) is 39.8 Å². The summed E-state index contributed by atoms with van der Waals surface area (Å²) in [6.45, 7) is 8.27. The van der Waals surface area contributed by atoms with Crippen molar-refractivity contribution in [3.63, 3.8) is 0 Å². The molecule has 0 aromatic heterocycles. The molecule has 0 saturated carbocycles. The number of nitrogens with two attached hydrogens (primary N) is 1. The van der Waals surface area contributed by atoms with Crippen molar-refractivity contribution in [2.24, 2.45) is 5.73 Å². The standard InChI is InChI=1S/C15H23NO3S/c1-10-7-11(2)9-12(8-10)19-5-6-20-15(3,4)13(16)14(17)18/h7-9,13H,5-6,16H2,1-4H3,(H,17,18)/t13-/m0/s1. The summed E-state index contributed by atoms with van der Waals surface area (Å²) in [5.74, 6) is 0.571. The molecule has 0 radical (unpaired) electrons. The van der Waals surface area contributed by atoms with Gasteiger partial charge in [-0.25, -0.2) is 0 Å². The first kappa shape index (κ1) is 16.9. The number of hydrogen-bond donors (Lipinski definition) is 2. The zero-order valence-electron chi connectivity index (χ0n) is 12.5. The molecule has 0 unspecified atom stereocenters. The molecule has 0 aliphatic carbocycles. The Morgan fingerprint density at radius 1 is 1.35 bits per heavy atom. The van der Waals surface area contributed by atoms with Crippen molar-refractivity contribution in [3.8, 4) is 5.75 Å². The highest BCUT2D eigenvalue weighted by atomic mass is 32.2. The number of carboxylic acid groups (broad SMARTS) is 1. The van der Waals surface area contributed by atoms with E-state index in [-0.39, 0.29) is 0 Å². The molecule has 0 fully saturated rings. The van der Waals surface area contributed by atoms with E-state index in [9.17, 15) is 4.79 Å². The molecule has 1 atom stereocenters. The Bertz CT molecular complexity index is 454. The SMILES string of the molecule is Cc1cc(C)cc(OCCSC(C)(C)[C@@H](N)C(=O)O)c1. The van der Waals surface area contributed by atoms with Crippen LogP contribution in [0.1, 0.15) is 25.0 Å². The molecule has 5 heteroatoms. The summed E-state index contributed by atoms with van der Waals surface area (Å²) in [7, 11) is 0. The Morgan fingerprint density at radius 2 is 1.90 bits per heavy atom. The van der Waals surface area contributed by atoms with Gasteiger partial charge in [-0.2, -0.15) is 0 Å². The third-order valence-electron chi connectivity index (χ3n) is 3.04. The number of aryl methyl sites for hydroxylation is 2. The molecule has 1 aromatic carbocycles. The predicted octanol–water partition coefficient (Wildman–Crippen LogP) is 2.61. The highest BCUT2D eigenvalue weighted by Crippen LogP contribution is 2.27. The Labute approximate surface area is 124 Å². The maximum Gasteiger partial charge on any atom is 0.321 e. The van der Waals surface area contributed by atoms with Crippen molar-refractivity contribution in [2.45, 2.75) is 38.5 Å². The summed E-state index contributed by atoms with van der Waals surface area (Å²) in [6, 6.07) is 5.20. The van der Waals surface area contributed by atoms with Gasteiger partial charge in [-0.1, -0.05) is 6.07 Å². The van der Waals surface area contributed by atoms with E-state index in [1.165, 1.54) is 22.9 Å². The first-order valence-electron chi connectivity index (χ1n) is 6.56. The van der Waals surface area contributed by atoms with E-state index in [0.29, 0.717) is 12.4 Å². The van der Waals surface area contributed by atoms with Gasteiger partial charge in [-0.3, -0.25) is 4.79 Å². The van der Waals surface area contributed by atoms with Gasteiger partial charge in [0.1, 0.15) is 11.8 Å². The number of thioether (sulfide) groups is 1. The Morgan fingerprint density at radius 3 is 2.40 bits per heavy atom. The molecule has 20 heavy (non-hydrogen) atoms. The minimum Gasteiger partial charge on any atom is -0.493 e. The third-order valence-corrected chi connectivity index (χ3v) is 4.41. The van der Waals surface area contributed by atoms with Crippen LogP contribution in [0.3, 0.4) is 0 Å². The smallest absolute Gasteiger partial charge is 0.321 e. The number of hydrogen-bond acceptors (Lipinski definition) is 4. The lowest BCUT2D eigenvalue weighted by Gasteiger charge is -2.27. The zero-order chi connectivity index (χ0) is 15.3. The van der Waals surface area contributed by atoms with Crippen LogP contribution in [0.2, 0.25) is 0 Å². The van der Waals surface area contributed by atoms with Crippen LogP contribution >= 0.6 is 11.8 Å². The molecule has 0 spiro atoms. The molecular formula is C15H23NO3S. The summed E-state index contributed by atoms with van der Waals surface area (Å²) < 4.78 is 5.18. The Balaban J connectivity index is 2.43. The maximum absolute atomic E-state index is 10.9. The van der Waals surface area contributed by atoms with Crippen molar-refractivity contribution in [2.75, 3.05) is 12.4 Å². The first-order valence-corrected chi connectivity index (χ1v) is 7.54. The topological polar surface area (TPSA) is 72.5 Å². The van der Waals surface area contributed by atoms with Gasteiger partial charge in [0.05, 0.1) is 6.61 Å². The summed E-state index contributed by atoms with van der Waals surface area (Å²) in [5, 5.41) is 8.94. The third kappa shape index (κ3) is 5.06. The van der Waals surface area contributed by atoms with Crippen molar-refractivity contribution < 1.29 is 14.6 Å². The fourth-order valence-corrected chi connectivity index (χ4v) is 2.84. The van der Waals surface area contributed by atoms with Crippen LogP contribution in [0.25, 0.3) is 0 Å². The van der Waals surface area contributed by atoms with Crippen molar-refractivity contribution in [3.05, 3.63) is 29.3 Å². The molecule has 0 bridgehead atoms. The van der Waals surface area contributed by atoms with E-state index < -0.39 is 16.8 Å².